The van der Waals surface area contributed by atoms with Gasteiger partial charge in [0.25, 0.3) is 0 Å². The Balaban J connectivity index is 1.27. The van der Waals surface area contributed by atoms with Gasteiger partial charge < -0.3 is 44.1 Å². The summed E-state index contributed by atoms with van der Waals surface area (Å²) in [5, 5.41) is 8.15. The van der Waals surface area contributed by atoms with Crippen molar-refractivity contribution in [1.82, 2.24) is 15.5 Å². The molecule has 1 atom stereocenters. The third kappa shape index (κ3) is 11.0. The minimum Gasteiger partial charge on any atom is -0.493 e. The van der Waals surface area contributed by atoms with Gasteiger partial charge in [0, 0.05) is 36.5 Å². The molecule has 3 N–H and O–H groups in total. The number of alkyl halides is 1. The van der Waals surface area contributed by atoms with Gasteiger partial charge in [0.1, 0.15) is 29.0 Å². The van der Waals surface area contributed by atoms with E-state index in [0.717, 1.165) is 5.56 Å². The molecule has 0 aromatic heterocycles. The average Bonchev–Trinajstić information content (AvgIpc) is 3.99. The molecule has 58 heavy (non-hydrogen) atoms. The first kappa shape index (κ1) is 43.9. The van der Waals surface area contributed by atoms with Crippen LogP contribution in [0, 0.1) is 11.2 Å². The van der Waals surface area contributed by atoms with Gasteiger partial charge in [0.05, 0.1) is 26.9 Å². The van der Waals surface area contributed by atoms with Crippen LogP contribution in [0.3, 0.4) is 0 Å². The number of halogens is 2. The Kier molecular flexibility index (Phi) is 14.8. The van der Waals surface area contributed by atoms with Crippen LogP contribution in [0.4, 0.5) is 19.3 Å². The van der Waals surface area contributed by atoms with Crippen molar-refractivity contribution in [3.05, 3.63) is 101 Å². The SMILES string of the molecule is CCNC(=O)N(CCCOc1cc2c(cc1OC)C(OC1=CC=C(NC(=O)C3(C(=O)Nc4ccc(F)cc4)CC3)CC1(C)F)=CC=C=CC2)CP(=O)(OCC)OCC. The van der Waals surface area contributed by atoms with E-state index < -0.39 is 42.3 Å². The lowest BCUT2D eigenvalue weighted by atomic mass is 9.93. The molecule has 0 spiro atoms. The normalized spacial score (nSPS) is 17.9. The summed E-state index contributed by atoms with van der Waals surface area (Å²) in [6.07, 6.45) is 9.23. The number of benzene rings is 2. The van der Waals surface area contributed by atoms with Crippen LogP contribution in [0.15, 0.2) is 84.0 Å². The Morgan fingerprint density at radius 1 is 0.966 bits per heavy atom. The van der Waals surface area contributed by atoms with E-state index in [1.165, 1.54) is 49.3 Å². The van der Waals surface area contributed by atoms with Crippen LogP contribution in [0.5, 0.6) is 11.5 Å². The number of nitrogens with one attached hydrogen (secondary N) is 3. The number of hydrogen-bond donors (Lipinski definition) is 3. The van der Waals surface area contributed by atoms with Crippen molar-refractivity contribution in [2.24, 2.45) is 5.41 Å². The fourth-order valence-electron chi connectivity index (χ4n) is 6.40. The summed E-state index contributed by atoms with van der Waals surface area (Å²) in [5.74, 6) is -0.339. The van der Waals surface area contributed by atoms with Crippen LogP contribution >= 0.6 is 7.60 Å². The Hall–Kier alpha value is -5.20. The summed E-state index contributed by atoms with van der Waals surface area (Å²) in [4.78, 5) is 40.6. The van der Waals surface area contributed by atoms with Crippen molar-refractivity contribution in [3.63, 3.8) is 0 Å². The minimum absolute atomic E-state index is 0.00465. The number of ether oxygens (including phenoxy) is 3. The molecule has 2 aromatic rings. The number of methoxy groups -OCH3 is 1. The summed E-state index contributed by atoms with van der Waals surface area (Å²) >= 11 is 0. The van der Waals surface area contributed by atoms with Crippen LogP contribution in [0.2, 0.25) is 0 Å². The van der Waals surface area contributed by atoms with Crippen molar-refractivity contribution in [1.29, 1.82) is 0 Å². The quantitative estimate of drug-likeness (QED) is 0.0555. The molecular formula is C42H51F2N4O9P. The van der Waals surface area contributed by atoms with Crippen molar-refractivity contribution in [2.75, 3.05) is 51.6 Å². The van der Waals surface area contributed by atoms with Crippen LogP contribution < -0.4 is 25.4 Å². The molecule has 13 nitrogen and oxygen atoms in total. The van der Waals surface area contributed by atoms with Gasteiger partial charge in [-0.1, -0.05) is 0 Å². The first-order valence-electron chi connectivity index (χ1n) is 19.3. The number of fused-ring (bicyclic) bond motifs is 1. The predicted octanol–water partition coefficient (Wildman–Crippen LogP) is 7.92. The number of hydrogen-bond acceptors (Lipinski definition) is 9. The molecule has 0 saturated heterocycles. The second-order valence-corrected chi connectivity index (χ2v) is 16.0. The second-order valence-electron chi connectivity index (χ2n) is 14.0. The lowest BCUT2D eigenvalue weighted by Crippen LogP contribution is -2.41. The highest BCUT2D eigenvalue weighted by atomic mass is 31.2. The average molecular weight is 825 g/mol. The first-order chi connectivity index (χ1) is 27.8. The van der Waals surface area contributed by atoms with Gasteiger partial charge in [-0.05, 0) is 126 Å². The summed E-state index contributed by atoms with van der Waals surface area (Å²) in [7, 11) is -2.04. The number of rotatable bonds is 19. The van der Waals surface area contributed by atoms with Crippen LogP contribution in [-0.2, 0) is 34.4 Å². The molecule has 2 aromatic carbocycles. The Morgan fingerprint density at radius 2 is 1.67 bits per heavy atom. The van der Waals surface area contributed by atoms with E-state index in [4.69, 9.17) is 23.3 Å². The van der Waals surface area contributed by atoms with E-state index in [9.17, 15) is 23.3 Å². The Labute approximate surface area is 337 Å². The summed E-state index contributed by atoms with van der Waals surface area (Å²) in [5.41, 5.74) is 1.80. The van der Waals surface area contributed by atoms with Gasteiger partial charge >= 0.3 is 13.6 Å². The molecular weight excluding hydrogens is 773 g/mol. The number of nitrogens with zero attached hydrogens (tertiary/aromatic N) is 1. The van der Waals surface area contributed by atoms with E-state index >= 15 is 4.39 Å². The molecule has 16 heteroatoms. The van der Waals surface area contributed by atoms with Crippen LogP contribution in [0.25, 0.3) is 5.76 Å². The molecule has 3 aliphatic rings. The van der Waals surface area contributed by atoms with E-state index in [2.05, 4.69) is 21.7 Å². The molecule has 5 rings (SSSR count). The number of carbonyl (C=O) groups excluding carboxylic acids is 3. The molecule has 0 radical (unpaired) electrons. The van der Waals surface area contributed by atoms with Gasteiger partial charge in [-0.15, -0.1) is 5.73 Å². The van der Waals surface area contributed by atoms with Gasteiger partial charge in [0.15, 0.2) is 17.2 Å². The molecule has 0 bridgehead atoms. The third-order valence-electron chi connectivity index (χ3n) is 9.55. The van der Waals surface area contributed by atoms with Gasteiger partial charge in [-0.2, -0.15) is 0 Å². The Bertz CT molecular complexity index is 2040. The molecule has 1 fully saturated rings. The third-order valence-corrected chi connectivity index (χ3v) is 11.5. The number of urea groups is 1. The number of amides is 4. The number of anilines is 1. The summed E-state index contributed by atoms with van der Waals surface area (Å²) in [6.45, 7) is 7.68. The van der Waals surface area contributed by atoms with E-state index in [0.29, 0.717) is 60.7 Å². The molecule has 3 aliphatic carbocycles. The Morgan fingerprint density at radius 3 is 2.31 bits per heavy atom. The summed E-state index contributed by atoms with van der Waals surface area (Å²) in [6, 6.07) is 8.41. The lowest BCUT2D eigenvalue weighted by Gasteiger charge is -2.30. The highest BCUT2D eigenvalue weighted by Gasteiger charge is 2.57. The molecule has 0 aliphatic heterocycles. The fourth-order valence-corrected chi connectivity index (χ4v) is 8.11. The fraction of sp³-hybridized carbons (Fsp3) is 0.429. The molecule has 0 heterocycles. The predicted molar refractivity (Wildman–Crippen MR) is 215 cm³/mol. The highest BCUT2D eigenvalue weighted by molar-refractivity contribution is 7.53. The zero-order chi connectivity index (χ0) is 41.9. The largest absolute Gasteiger partial charge is 0.493 e. The maximum atomic E-state index is 16.4. The minimum atomic E-state index is -3.54. The van der Waals surface area contributed by atoms with Gasteiger partial charge in [-0.3, -0.25) is 14.2 Å². The highest BCUT2D eigenvalue weighted by Crippen LogP contribution is 2.49. The van der Waals surface area contributed by atoms with E-state index in [1.54, 1.807) is 45.1 Å². The number of allylic oxidation sites excluding steroid dienone is 6. The van der Waals surface area contributed by atoms with Crippen molar-refractivity contribution < 1.29 is 51.0 Å². The van der Waals surface area contributed by atoms with Crippen molar-refractivity contribution in [2.45, 2.75) is 65.5 Å². The zero-order valence-electron chi connectivity index (χ0n) is 33.5. The smallest absolute Gasteiger partial charge is 0.349 e. The van der Waals surface area contributed by atoms with Gasteiger partial charge in [-0.25, -0.2) is 13.6 Å². The zero-order valence-corrected chi connectivity index (χ0v) is 34.3. The maximum absolute atomic E-state index is 16.4. The summed E-state index contributed by atoms with van der Waals surface area (Å²) < 4.78 is 71.8. The topological polar surface area (TPSA) is 154 Å². The van der Waals surface area contributed by atoms with Crippen LogP contribution in [-0.4, -0.2) is 74.7 Å². The second kappa shape index (κ2) is 19.5. The maximum Gasteiger partial charge on any atom is 0.349 e. The van der Waals surface area contributed by atoms with E-state index in [1.807, 2.05) is 12.1 Å². The van der Waals surface area contributed by atoms with Crippen LogP contribution in [0.1, 0.15) is 64.5 Å². The lowest BCUT2D eigenvalue weighted by molar-refractivity contribution is -0.134. The van der Waals surface area contributed by atoms with E-state index in [-0.39, 0.29) is 50.5 Å². The molecule has 1 unspecified atom stereocenters. The standard InChI is InChI=1S/C42H51F2N4O9P/c1-6-45-40(51)48(28-58(52,55-7-2)56-8-3)23-12-24-54-36-25-29-13-10-9-11-14-34(33(29)26-35(36)53-5)57-37-20-19-32(27-41(37,4)44)47-39(50)42(21-22-42)38(49)46-31-17-15-30(43)16-18-31/h10-11,14-20,25-26H,6-8,12-13,21-24,27-28H2,1-5H3,(H,45,51)(H,46,49)(H,47,50). The molecule has 312 valence electrons. The van der Waals surface area contributed by atoms with Crippen molar-refractivity contribution in [3.8, 4) is 11.5 Å². The first-order valence-corrected chi connectivity index (χ1v) is 21.0. The molecule has 4 amide bonds. The van der Waals surface area contributed by atoms with Gasteiger partial charge in [0.2, 0.25) is 11.8 Å². The monoisotopic (exact) mass is 824 g/mol. The van der Waals surface area contributed by atoms with Crippen molar-refractivity contribution >= 4 is 36.9 Å². The molecule has 1 saturated carbocycles. The number of carbonyl (C=O) groups is 3.